The molecule has 1 unspecified atom stereocenters. The Balaban J connectivity index is 1.50. The first-order chi connectivity index (χ1) is 17.5. The van der Waals surface area contributed by atoms with Crippen molar-refractivity contribution in [3.05, 3.63) is 87.0 Å². The Morgan fingerprint density at radius 1 is 1.03 bits per heavy atom. The van der Waals surface area contributed by atoms with Gasteiger partial charge in [-0.05, 0) is 47.0 Å². The molecule has 2 aromatic carbocycles. The first-order valence-corrected chi connectivity index (χ1v) is 12.4. The lowest BCUT2D eigenvalue weighted by Gasteiger charge is -2.38. The number of hydrogen-bond donors (Lipinski definition) is 1. The number of aromatic nitrogens is 5. The van der Waals surface area contributed by atoms with E-state index in [1.54, 1.807) is 11.8 Å². The molecule has 1 aliphatic rings. The minimum Gasteiger partial charge on any atom is -0.383 e. The normalized spacial score (nSPS) is 16.0. The second kappa shape index (κ2) is 10.7. The van der Waals surface area contributed by atoms with E-state index in [0.717, 1.165) is 54.8 Å². The minimum atomic E-state index is -0.358. The van der Waals surface area contributed by atoms with E-state index in [1.807, 2.05) is 25.1 Å². The van der Waals surface area contributed by atoms with Gasteiger partial charge < -0.3 is 9.72 Å². The van der Waals surface area contributed by atoms with Crippen molar-refractivity contribution >= 4 is 10.9 Å². The molecule has 3 heterocycles. The molecule has 0 radical (unpaired) electrons. The average Bonchev–Trinajstić information content (AvgIpc) is 3.35. The van der Waals surface area contributed by atoms with Crippen molar-refractivity contribution in [2.45, 2.75) is 33.0 Å². The first-order valence-electron chi connectivity index (χ1n) is 12.4. The smallest absolute Gasteiger partial charge is 0.253 e. The molecule has 1 atom stereocenters. The summed E-state index contributed by atoms with van der Waals surface area (Å²) < 4.78 is 7.04. The standard InChI is InChI=1S/C27H33N7O2/c1-19-9-10-20(2)24-22(19)17-23(27(35)28-24)25(26-29-30-31-34(26)15-16-36-3)33-13-11-32(12-14-33)18-21-7-5-4-6-8-21/h4-10,17,25H,11-16,18H2,1-3H3,(H,28,35). The SMILES string of the molecule is COCCn1nnnc1C(c1cc2c(C)ccc(C)c2[nH]c1=O)N1CCN(Cc2ccccc2)CC1. The predicted molar refractivity (Wildman–Crippen MR) is 139 cm³/mol. The summed E-state index contributed by atoms with van der Waals surface area (Å²) in [4.78, 5) is 21.5. The van der Waals surface area contributed by atoms with Gasteiger partial charge in [0.15, 0.2) is 5.82 Å². The molecule has 36 heavy (non-hydrogen) atoms. The van der Waals surface area contributed by atoms with Crippen molar-refractivity contribution in [2.24, 2.45) is 0 Å². The summed E-state index contributed by atoms with van der Waals surface area (Å²) in [6, 6.07) is 16.4. The highest BCUT2D eigenvalue weighted by atomic mass is 16.5. The summed E-state index contributed by atoms with van der Waals surface area (Å²) in [5.41, 5.74) is 4.93. The number of aromatic amines is 1. The van der Waals surface area contributed by atoms with Crippen LogP contribution in [-0.4, -0.2) is 74.9 Å². The number of tetrazole rings is 1. The number of methoxy groups -OCH3 is 1. The van der Waals surface area contributed by atoms with Gasteiger partial charge in [0, 0.05) is 50.8 Å². The zero-order valence-electron chi connectivity index (χ0n) is 21.1. The molecule has 9 nitrogen and oxygen atoms in total. The van der Waals surface area contributed by atoms with E-state index in [9.17, 15) is 4.79 Å². The van der Waals surface area contributed by atoms with E-state index in [0.29, 0.717) is 24.5 Å². The third-order valence-electron chi connectivity index (χ3n) is 7.10. The number of benzene rings is 2. The molecule has 9 heteroatoms. The molecule has 1 saturated heterocycles. The Hall–Kier alpha value is -3.40. The van der Waals surface area contributed by atoms with Crippen LogP contribution in [0.15, 0.2) is 53.3 Å². The second-order valence-electron chi connectivity index (χ2n) is 9.50. The van der Waals surface area contributed by atoms with Crippen LogP contribution in [0.3, 0.4) is 0 Å². The van der Waals surface area contributed by atoms with Crippen LogP contribution in [0.5, 0.6) is 0 Å². The fourth-order valence-corrected chi connectivity index (χ4v) is 5.06. The molecule has 4 aromatic rings. The molecule has 5 rings (SSSR count). The molecule has 188 valence electrons. The maximum Gasteiger partial charge on any atom is 0.253 e. The van der Waals surface area contributed by atoms with Crippen molar-refractivity contribution < 1.29 is 4.74 Å². The fraction of sp³-hybridized carbons (Fsp3) is 0.407. The monoisotopic (exact) mass is 487 g/mol. The van der Waals surface area contributed by atoms with Gasteiger partial charge >= 0.3 is 0 Å². The Labute approximate surface area is 210 Å². The molecule has 2 aromatic heterocycles. The quantitative estimate of drug-likeness (QED) is 0.409. The van der Waals surface area contributed by atoms with Crippen LogP contribution in [-0.2, 0) is 17.8 Å². The Bertz CT molecular complexity index is 1370. The number of piperazine rings is 1. The number of fused-ring (bicyclic) bond motifs is 1. The number of H-pyrrole nitrogens is 1. The minimum absolute atomic E-state index is 0.103. The lowest BCUT2D eigenvalue weighted by Crippen LogP contribution is -2.48. The van der Waals surface area contributed by atoms with Crippen LogP contribution < -0.4 is 5.56 Å². The molecule has 1 fully saturated rings. The van der Waals surface area contributed by atoms with Crippen LogP contribution >= 0.6 is 0 Å². The van der Waals surface area contributed by atoms with Gasteiger partial charge in [-0.15, -0.1) is 5.10 Å². The summed E-state index contributed by atoms with van der Waals surface area (Å²) in [5.74, 6) is 0.665. The van der Waals surface area contributed by atoms with Gasteiger partial charge in [-0.3, -0.25) is 14.6 Å². The third kappa shape index (κ3) is 4.95. The molecule has 1 aliphatic heterocycles. The van der Waals surface area contributed by atoms with Gasteiger partial charge in [-0.1, -0.05) is 42.5 Å². The summed E-state index contributed by atoms with van der Waals surface area (Å²) in [5, 5.41) is 13.6. The van der Waals surface area contributed by atoms with Gasteiger partial charge in [-0.2, -0.15) is 0 Å². The maximum atomic E-state index is 13.5. The third-order valence-corrected chi connectivity index (χ3v) is 7.10. The topological polar surface area (TPSA) is 92.2 Å². The van der Waals surface area contributed by atoms with E-state index in [2.05, 4.69) is 67.6 Å². The molecule has 1 N–H and O–H groups in total. The Morgan fingerprint density at radius 2 is 1.78 bits per heavy atom. The highest BCUT2D eigenvalue weighted by Gasteiger charge is 2.32. The maximum absolute atomic E-state index is 13.5. The van der Waals surface area contributed by atoms with Gasteiger partial charge in [0.1, 0.15) is 6.04 Å². The Kier molecular flexibility index (Phi) is 7.22. The molecule has 0 saturated carbocycles. The van der Waals surface area contributed by atoms with Gasteiger partial charge in [-0.25, -0.2) is 4.68 Å². The first kappa shape index (κ1) is 24.3. The van der Waals surface area contributed by atoms with E-state index in [4.69, 9.17) is 4.74 Å². The number of ether oxygens (including phenoxy) is 1. The van der Waals surface area contributed by atoms with Crippen LogP contribution in [0.2, 0.25) is 0 Å². The fourth-order valence-electron chi connectivity index (χ4n) is 5.06. The summed E-state index contributed by atoms with van der Waals surface area (Å²) in [7, 11) is 1.66. The van der Waals surface area contributed by atoms with Crippen molar-refractivity contribution in [1.82, 2.24) is 35.0 Å². The molecular weight excluding hydrogens is 454 g/mol. The zero-order valence-corrected chi connectivity index (χ0v) is 21.1. The summed E-state index contributed by atoms with van der Waals surface area (Å²) in [6.45, 7) is 9.42. The van der Waals surface area contributed by atoms with Crippen molar-refractivity contribution in [3.8, 4) is 0 Å². The zero-order chi connectivity index (χ0) is 25.1. The number of pyridine rings is 1. The molecule has 0 bridgehead atoms. The summed E-state index contributed by atoms with van der Waals surface area (Å²) in [6.07, 6.45) is 0. The van der Waals surface area contributed by atoms with Crippen molar-refractivity contribution in [3.63, 3.8) is 0 Å². The number of hydrogen-bond acceptors (Lipinski definition) is 7. The van der Waals surface area contributed by atoms with E-state index in [1.165, 1.54) is 5.56 Å². The molecular formula is C27H33N7O2. The van der Waals surface area contributed by atoms with Gasteiger partial charge in [0.2, 0.25) is 0 Å². The second-order valence-corrected chi connectivity index (χ2v) is 9.50. The number of nitrogens with one attached hydrogen (secondary N) is 1. The molecule has 0 amide bonds. The van der Waals surface area contributed by atoms with E-state index < -0.39 is 0 Å². The average molecular weight is 488 g/mol. The Morgan fingerprint density at radius 3 is 2.53 bits per heavy atom. The number of nitrogens with zero attached hydrogens (tertiary/aromatic N) is 6. The highest BCUT2D eigenvalue weighted by Crippen LogP contribution is 2.29. The van der Waals surface area contributed by atoms with Crippen LogP contribution in [0.25, 0.3) is 10.9 Å². The molecule has 0 spiro atoms. The van der Waals surface area contributed by atoms with Crippen LogP contribution in [0, 0.1) is 13.8 Å². The van der Waals surface area contributed by atoms with E-state index >= 15 is 0 Å². The largest absolute Gasteiger partial charge is 0.383 e. The molecule has 0 aliphatic carbocycles. The van der Waals surface area contributed by atoms with E-state index in [-0.39, 0.29) is 11.6 Å². The lowest BCUT2D eigenvalue weighted by molar-refractivity contribution is 0.0984. The van der Waals surface area contributed by atoms with Gasteiger partial charge in [0.05, 0.1) is 18.7 Å². The number of aryl methyl sites for hydroxylation is 2. The van der Waals surface area contributed by atoms with Gasteiger partial charge in [0.25, 0.3) is 5.56 Å². The van der Waals surface area contributed by atoms with Crippen LogP contribution in [0.4, 0.5) is 0 Å². The lowest BCUT2D eigenvalue weighted by atomic mass is 9.99. The van der Waals surface area contributed by atoms with Crippen molar-refractivity contribution in [2.75, 3.05) is 39.9 Å². The predicted octanol–water partition coefficient (Wildman–Crippen LogP) is 2.69. The summed E-state index contributed by atoms with van der Waals surface area (Å²) >= 11 is 0. The number of rotatable bonds is 8. The van der Waals surface area contributed by atoms with Crippen molar-refractivity contribution in [1.29, 1.82) is 0 Å². The van der Waals surface area contributed by atoms with Crippen LogP contribution in [0.1, 0.15) is 34.1 Å². The highest BCUT2D eigenvalue weighted by molar-refractivity contribution is 5.85.